The van der Waals surface area contributed by atoms with Crippen molar-refractivity contribution in [2.24, 2.45) is 0 Å². The highest BCUT2D eigenvalue weighted by Crippen LogP contribution is 2.26. The molecule has 7 nitrogen and oxygen atoms in total. The number of hydrogen-bond acceptors (Lipinski definition) is 4. The van der Waals surface area contributed by atoms with Gasteiger partial charge in [0.15, 0.2) is 0 Å². The molecule has 0 aromatic heterocycles. The molecule has 0 bridgehead atoms. The summed E-state index contributed by atoms with van der Waals surface area (Å²) in [5.74, 6) is -0.815. The van der Waals surface area contributed by atoms with Crippen molar-refractivity contribution in [2.75, 3.05) is 10.8 Å². The van der Waals surface area contributed by atoms with Crippen LogP contribution in [0.25, 0.3) is 0 Å². The summed E-state index contributed by atoms with van der Waals surface area (Å²) in [5.41, 5.74) is 1.94. The number of benzene rings is 3. The van der Waals surface area contributed by atoms with E-state index in [1.54, 1.807) is 60.7 Å². The molecule has 3 aromatic rings. The molecule has 0 fully saturated rings. The zero-order valence-electron chi connectivity index (χ0n) is 23.1. The Balaban J connectivity index is 2.04. The third-order valence-corrected chi connectivity index (χ3v) is 8.95. The molecule has 0 aliphatic rings. The van der Waals surface area contributed by atoms with Gasteiger partial charge in [0.05, 0.1) is 10.6 Å². The van der Waals surface area contributed by atoms with Crippen LogP contribution in [0.1, 0.15) is 44.7 Å². The first-order valence-electron chi connectivity index (χ1n) is 13.2. The maximum absolute atomic E-state index is 14.0. The van der Waals surface area contributed by atoms with Gasteiger partial charge in [0.2, 0.25) is 11.8 Å². The Hall–Kier alpha value is -3.07. The Morgan fingerprint density at radius 3 is 1.93 bits per heavy atom. The Labute approximate surface area is 247 Å². The van der Waals surface area contributed by atoms with E-state index in [1.807, 2.05) is 27.7 Å². The Morgan fingerprint density at radius 2 is 1.40 bits per heavy atom. The summed E-state index contributed by atoms with van der Waals surface area (Å²) in [6.07, 6.45) is 1.07. The van der Waals surface area contributed by atoms with Crippen LogP contribution in [0.15, 0.2) is 77.7 Å². The molecule has 0 heterocycles. The van der Waals surface area contributed by atoms with Crippen LogP contribution in [-0.4, -0.2) is 43.8 Å². The van der Waals surface area contributed by atoms with Crippen molar-refractivity contribution in [3.63, 3.8) is 0 Å². The van der Waals surface area contributed by atoms with Gasteiger partial charge < -0.3 is 10.2 Å². The topological polar surface area (TPSA) is 86.8 Å². The van der Waals surface area contributed by atoms with E-state index in [0.717, 1.165) is 21.9 Å². The van der Waals surface area contributed by atoms with Crippen molar-refractivity contribution >= 4 is 50.7 Å². The van der Waals surface area contributed by atoms with Crippen molar-refractivity contribution in [3.8, 4) is 0 Å². The molecule has 214 valence electrons. The molecule has 2 atom stereocenters. The van der Waals surface area contributed by atoms with Gasteiger partial charge in [-0.3, -0.25) is 13.9 Å². The summed E-state index contributed by atoms with van der Waals surface area (Å²) in [6.45, 7) is 7.12. The number of hydrogen-bond donors (Lipinski definition) is 1. The molecule has 1 N–H and O–H groups in total. The molecule has 0 aliphatic carbocycles. The van der Waals surface area contributed by atoms with Crippen LogP contribution in [0.5, 0.6) is 0 Å². The molecule has 0 saturated carbocycles. The van der Waals surface area contributed by atoms with Gasteiger partial charge in [-0.1, -0.05) is 66.9 Å². The molecule has 2 amide bonds. The SMILES string of the molecule is CC[C@H](C)NC(=O)[C@H](CC)N(Cc1ccc(Cl)cc1)C(=O)CN(c1ccc(Cl)cc1)S(=O)(=O)c1ccc(C)cc1. The van der Waals surface area contributed by atoms with E-state index in [-0.39, 0.29) is 29.1 Å². The Morgan fingerprint density at radius 1 is 0.850 bits per heavy atom. The van der Waals surface area contributed by atoms with E-state index in [4.69, 9.17) is 23.2 Å². The van der Waals surface area contributed by atoms with Crippen LogP contribution in [0, 0.1) is 6.92 Å². The van der Waals surface area contributed by atoms with Crippen molar-refractivity contribution in [1.82, 2.24) is 10.2 Å². The first-order valence-corrected chi connectivity index (χ1v) is 15.3. The molecule has 3 aromatic carbocycles. The molecule has 40 heavy (non-hydrogen) atoms. The molecular formula is C30H35Cl2N3O4S. The first-order chi connectivity index (χ1) is 19.0. The molecule has 3 rings (SSSR count). The second kappa shape index (κ2) is 14.0. The van der Waals surface area contributed by atoms with Gasteiger partial charge >= 0.3 is 0 Å². The molecule has 10 heteroatoms. The van der Waals surface area contributed by atoms with Gasteiger partial charge in [-0.2, -0.15) is 0 Å². The fourth-order valence-corrected chi connectivity index (χ4v) is 5.79. The summed E-state index contributed by atoms with van der Waals surface area (Å²) in [6, 6.07) is 18.8. The first kappa shape index (κ1) is 31.5. The highest BCUT2D eigenvalue weighted by molar-refractivity contribution is 7.92. The highest BCUT2D eigenvalue weighted by atomic mass is 35.5. The second-order valence-corrected chi connectivity index (χ2v) is 12.4. The molecule has 0 saturated heterocycles. The average Bonchev–Trinajstić information content (AvgIpc) is 2.93. The van der Waals surface area contributed by atoms with Gasteiger partial charge in [-0.05, 0) is 80.8 Å². The standard InChI is InChI=1S/C30H35Cl2N3O4S/c1-5-22(4)33-30(37)28(6-2)34(19-23-9-11-24(31)12-10-23)29(36)20-35(26-15-13-25(32)14-16-26)40(38,39)27-17-7-21(3)8-18-27/h7-18,22,28H,5-6,19-20H2,1-4H3,(H,33,37)/t22-,28-/m0/s1. The second-order valence-electron chi connectivity index (χ2n) is 9.69. The fourth-order valence-electron chi connectivity index (χ4n) is 4.12. The molecule has 0 unspecified atom stereocenters. The highest BCUT2D eigenvalue weighted by Gasteiger charge is 2.34. The van der Waals surface area contributed by atoms with E-state index in [1.165, 1.54) is 17.0 Å². The number of carbonyl (C=O) groups excluding carboxylic acids is 2. The normalized spacial score (nSPS) is 12.8. The van der Waals surface area contributed by atoms with Crippen molar-refractivity contribution in [3.05, 3.63) is 94.0 Å². The summed E-state index contributed by atoms with van der Waals surface area (Å²) < 4.78 is 28.8. The van der Waals surface area contributed by atoms with E-state index in [0.29, 0.717) is 16.5 Å². The van der Waals surface area contributed by atoms with Gasteiger partial charge in [0.1, 0.15) is 12.6 Å². The molecule has 0 radical (unpaired) electrons. The number of halogens is 2. The molecular weight excluding hydrogens is 569 g/mol. The third kappa shape index (κ3) is 7.99. The van der Waals surface area contributed by atoms with Gasteiger partial charge in [-0.25, -0.2) is 8.42 Å². The van der Waals surface area contributed by atoms with Crippen LogP contribution >= 0.6 is 23.2 Å². The van der Waals surface area contributed by atoms with E-state index >= 15 is 0 Å². The lowest BCUT2D eigenvalue weighted by Crippen LogP contribution is -2.53. The smallest absolute Gasteiger partial charge is 0.264 e. The minimum atomic E-state index is -4.14. The van der Waals surface area contributed by atoms with E-state index in [2.05, 4.69) is 5.32 Å². The van der Waals surface area contributed by atoms with E-state index in [9.17, 15) is 18.0 Å². The zero-order valence-corrected chi connectivity index (χ0v) is 25.4. The van der Waals surface area contributed by atoms with Gasteiger partial charge in [0.25, 0.3) is 10.0 Å². The van der Waals surface area contributed by atoms with Crippen LogP contribution < -0.4 is 9.62 Å². The maximum Gasteiger partial charge on any atom is 0.264 e. The number of sulfonamides is 1. The maximum atomic E-state index is 14.0. The van der Waals surface area contributed by atoms with Crippen LogP contribution in [0.3, 0.4) is 0 Å². The number of nitrogens with zero attached hydrogens (tertiary/aromatic N) is 2. The summed E-state index contributed by atoms with van der Waals surface area (Å²) in [7, 11) is -4.14. The minimum Gasteiger partial charge on any atom is -0.352 e. The summed E-state index contributed by atoms with van der Waals surface area (Å²) in [5, 5.41) is 3.94. The Bertz CT molecular complexity index is 1400. The predicted octanol–water partition coefficient (Wildman–Crippen LogP) is 6.22. The largest absolute Gasteiger partial charge is 0.352 e. The van der Waals surface area contributed by atoms with Crippen molar-refractivity contribution in [2.45, 2.75) is 64.1 Å². The quantitative estimate of drug-likeness (QED) is 0.266. The predicted molar refractivity (Wildman–Crippen MR) is 161 cm³/mol. The summed E-state index contributed by atoms with van der Waals surface area (Å²) >= 11 is 12.1. The van der Waals surface area contributed by atoms with Crippen molar-refractivity contribution in [1.29, 1.82) is 0 Å². The monoisotopic (exact) mass is 603 g/mol. The third-order valence-electron chi connectivity index (χ3n) is 6.66. The number of carbonyl (C=O) groups is 2. The molecule has 0 aliphatic heterocycles. The zero-order chi connectivity index (χ0) is 29.4. The number of anilines is 1. The minimum absolute atomic E-state index is 0.0478. The van der Waals surface area contributed by atoms with Gasteiger partial charge in [-0.15, -0.1) is 0 Å². The van der Waals surface area contributed by atoms with Gasteiger partial charge in [0, 0.05) is 22.6 Å². The Kier molecular flexibility index (Phi) is 11.0. The van der Waals surface area contributed by atoms with E-state index < -0.39 is 28.5 Å². The van der Waals surface area contributed by atoms with Crippen LogP contribution in [0.2, 0.25) is 10.0 Å². The average molecular weight is 605 g/mol. The lowest BCUT2D eigenvalue weighted by molar-refractivity contribution is -0.140. The number of aryl methyl sites for hydroxylation is 1. The molecule has 0 spiro atoms. The number of rotatable bonds is 12. The van der Waals surface area contributed by atoms with Crippen molar-refractivity contribution < 1.29 is 18.0 Å². The summed E-state index contributed by atoms with van der Waals surface area (Å²) in [4.78, 5) is 28.8. The number of amides is 2. The lowest BCUT2D eigenvalue weighted by Gasteiger charge is -2.33. The number of nitrogens with one attached hydrogen (secondary N) is 1. The van der Waals surface area contributed by atoms with Crippen LogP contribution in [-0.2, 0) is 26.2 Å². The fraction of sp³-hybridized carbons (Fsp3) is 0.333. The van der Waals surface area contributed by atoms with Crippen LogP contribution in [0.4, 0.5) is 5.69 Å². The lowest BCUT2D eigenvalue weighted by atomic mass is 10.1.